The van der Waals surface area contributed by atoms with Gasteiger partial charge in [-0.25, -0.2) is 0 Å². The Bertz CT molecular complexity index is 1140. The summed E-state index contributed by atoms with van der Waals surface area (Å²) in [6, 6.07) is 20.7. The highest BCUT2D eigenvalue weighted by molar-refractivity contribution is 6.23. The molecule has 3 aromatic rings. The van der Waals surface area contributed by atoms with Crippen LogP contribution in [0, 0.1) is 0 Å². The van der Waals surface area contributed by atoms with Gasteiger partial charge >= 0.3 is 0 Å². The number of hydrogen-bond acceptors (Lipinski definition) is 4. The number of anilines is 1. The van der Waals surface area contributed by atoms with Crippen LogP contribution >= 0.6 is 0 Å². The Morgan fingerprint density at radius 3 is 1.90 bits per heavy atom. The van der Waals surface area contributed by atoms with E-state index in [1.54, 1.807) is 36.4 Å². The molecule has 1 aliphatic heterocycles. The second kappa shape index (κ2) is 8.23. The van der Waals surface area contributed by atoms with Crippen LogP contribution in [0.25, 0.3) is 0 Å². The molecule has 0 bridgehead atoms. The van der Waals surface area contributed by atoms with E-state index in [0.29, 0.717) is 11.3 Å². The molecule has 0 spiro atoms. The van der Waals surface area contributed by atoms with E-state index in [-0.39, 0.29) is 17.5 Å². The minimum Gasteiger partial charge on any atom is -0.366 e. The van der Waals surface area contributed by atoms with Gasteiger partial charge in [-0.05, 0) is 42.0 Å². The van der Waals surface area contributed by atoms with Crippen LogP contribution in [0.4, 0.5) is 5.69 Å². The van der Waals surface area contributed by atoms with Crippen molar-refractivity contribution in [3.8, 4) is 0 Å². The summed E-state index contributed by atoms with van der Waals surface area (Å²) in [7, 11) is 0. The maximum Gasteiger partial charge on any atom is 0.262 e. The van der Waals surface area contributed by atoms with E-state index in [1.165, 1.54) is 12.1 Å². The van der Waals surface area contributed by atoms with Crippen molar-refractivity contribution < 1.29 is 19.2 Å². The Balaban J connectivity index is 1.65. The lowest BCUT2D eigenvalue weighted by Crippen LogP contribution is -2.48. The van der Waals surface area contributed by atoms with Gasteiger partial charge in [0.2, 0.25) is 11.8 Å². The van der Waals surface area contributed by atoms with Crippen molar-refractivity contribution in [3.63, 3.8) is 0 Å². The topological polar surface area (TPSA) is 110 Å². The van der Waals surface area contributed by atoms with Crippen molar-refractivity contribution in [2.45, 2.75) is 12.5 Å². The molecule has 0 aromatic heterocycles. The normalized spacial score (nSPS) is 13.6. The smallest absolute Gasteiger partial charge is 0.262 e. The summed E-state index contributed by atoms with van der Waals surface area (Å²) in [6.45, 7) is 0. The van der Waals surface area contributed by atoms with Crippen LogP contribution in [-0.4, -0.2) is 34.6 Å². The Labute approximate surface area is 178 Å². The number of imide groups is 1. The lowest BCUT2D eigenvalue weighted by atomic mass is 10.0. The molecule has 1 atom stereocenters. The van der Waals surface area contributed by atoms with Gasteiger partial charge in [-0.2, -0.15) is 0 Å². The largest absolute Gasteiger partial charge is 0.366 e. The summed E-state index contributed by atoms with van der Waals surface area (Å²) >= 11 is 0. The number of rotatable bonds is 6. The number of benzene rings is 3. The van der Waals surface area contributed by atoms with Crippen LogP contribution in [0.1, 0.15) is 36.6 Å². The molecule has 4 amide bonds. The molecular weight excluding hydrogens is 394 g/mol. The number of carbonyl (C=O) groups is 4. The number of fused-ring (bicyclic) bond motifs is 1. The average Bonchev–Trinajstić information content (AvgIpc) is 3.03. The van der Waals surface area contributed by atoms with Gasteiger partial charge in [-0.1, -0.05) is 42.5 Å². The van der Waals surface area contributed by atoms with E-state index in [1.807, 2.05) is 30.3 Å². The van der Waals surface area contributed by atoms with Gasteiger partial charge in [-0.15, -0.1) is 0 Å². The minimum absolute atomic E-state index is 0.164. The molecule has 31 heavy (non-hydrogen) atoms. The molecule has 3 N–H and O–H groups in total. The molecule has 1 aliphatic rings. The van der Waals surface area contributed by atoms with Gasteiger partial charge < -0.3 is 11.1 Å². The SMILES string of the molecule is NC(=O)c1ccc(NC(=O)C(Cc2ccccc2)N2C(=O)c3ccccc3C2=O)cc1. The molecule has 0 radical (unpaired) electrons. The lowest BCUT2D eigenvalue weighted by molar-refractivity contribution is -0.119. The van der Waals surface area contributed by atoms with E-state index in [0.717, 1.165) is 10.5 Å². The number of primary amides is 1. The molecule has 0 saturated carbocycles. The zero-order valence-electron chi connectivity index (χ0n) is 16.4. The number of nitrogens with zero attached hydrogens (tertiary/aromatic N) is 1. The molecule has 0 saturated heterocycles. The van der Waals surface area contributed by atoms with Gasteiger partial charge in [0.15, 0.2) is 0 Å². The van der Waals surface area contributed by atoms with E-state index in [4.69, 9.17) is 5.73 Å². The van der Waals surface area contributed by atoms with Crippen molar-refractivity contribution in [1.82, 2.24) is 4.90 Å². The van der Waals surface area contributed by atoms with Crippen LogP contribution < -0.4 is 11.1 Å². The number of nitrogens with one attached hydrogen (secondary N) is 1. The van der Waals surface area contributed by atoms with Crippen molar-refractivity contribution in [2.24, 2.45) is 5.73 Å². The van der Waals surface area contributed by atoms with Crippen molar-refractivity contribution in [1.29, 1.82) is 0 Å². The number of amides is 4. The van der Waals surface area contributed by atoms with E-state index in [2.05, 4.69) is 5.32 Å². The van der Waals surface area contributed by atoms with Crippen molar-refractivity contribution in [3.05, 3.63) is 101 Å². The molecule has 0 aliphatic carbocycles. The summed E-state index contributed by atoms with van der Waals surface area (Å²) in [5, 5.41) is 2.74. The van der Waals surface area contributed by atoms with Gasteiger partial charge in [-0.3, -0.25) is 24.1 Å². The second-order valence-corrected chi connectivity index (χ2v) is 7.16. The third-order valence-electron chi connectivity index (χ3n) is 5.15. The standard InChI is InChI=1S/C24H19N3O4/c25-21(28)16-10-12-17(13-11-16)26-22(29)20(14-15-6-2-1-3-7-15)27-23(30)18-8-4-5-9-19(18)24(27)31/h1-13,20H,14H2,(H2,25,28)(H,26,29). The maximum absolute atomic E-state index is 13.2. The highest BCUT2D eigenvalue weighted by Gasteiger charge is 2.42. The highest BCUT2D eigenvalue weighted by Crippen LogP contribution is 2.26. The molecule has 154 valence electrons. The van der Waals surface area contributed by atoms with Gasteiger partial charge in [0, 0.05) is 17.7 Å². The fourth-order valence-corrected chi connectivity index (χ4v) is 3.57. The van der Waals surface area contributed by atoms with Gasteiger partial charge in [0.05, 0.1) is 11.1 Å². The Kier molecular flexibility index (Phi) is 5.32. The Hall–Kier alpha value is -4.26. The molecular formula is C24H19N3O4. The zero-order valence-corrected chi connectivity index (χ0v) is 16.4. The van der Waals surface area contributed by atoms with Crippen molar-refractivity contribution in [2.75, 3.05) is 5.32 Å². The summed E-state index contributed by atoms with van der Waals surface area (Å²) in [5.74, 6) is -2.09. The quantitative estimate of drug-likeness (QED) is 0.606. The van der Waals surface area contributed by atoms with Crippen molar-refractivity contribution >= 4 is 29.3 Å². The first kappa shape index (κ1) is 20.0. The molecule has 1 unspecified atom stereocenters. The number of nitrogens with two attached hydrogens (primary N) is 1. The first-order chi connectivity index (χ1) is 15.0. The Morgan fingerprint density at radius 2 is 1.35 bits per heavy atom. The predicted octanol–water partition coefficient (Wildman–Crippen LogP) is 2.63. The Morgan fingerprint density at radius 1 is 0.806 bits per heavy atom. The molecule has 7 nitrogen and oxygen atoms in total. The maximum atomic E-state index is 13.2. The van der Waals surface area contributed by atoms with Crippen LogP contribution in [0.2, 0.25) is 0 Å². The summed E-state index contributed by atoms with van der Waals surface area (Å²) < 4.78 is 0. The van der Waals surface area contributed by atoms with Crippen LogP contribution in [0.3, 0.4) is 0 Å². The van der Waals surface area contributed by atoms with Crippen LogP contribution in [0.5, 0.6) is 0 Å². The summed E-state index contributed by atoms with van der Waals surface area (Å²) in [4.78, 5) is 51.5. The lowest BCUT2D eigenvalue weighted by Gasteiger charge is -2.25. The van der Waals surface area contributed by atoms with Crippen LogP contribution in [0.15, 0.2) is 78.9 Å². The van der Waals surface area contributed by atoms with Gasteiger partial charge in [0.1, 0.15) is 6.04 Å². The number of hydrogen-bond donors (Lipinski definition) is 2. The molecule has 7 heteroatoms. The third kappa shape index (κ3) is 3.93. The molecule has 1 heterocycles. The van der Waals surface area contributed by atoms with E-state index >= 15 is 0 Å². The summed E-state index contributed by atoms with van der Waals surface area (Å²) in [6.07, 6.45) is 0.164. The molecule has 4 rings (SSSR count). The first-order valence-electron chi connectivity index (χ1n) is 9.67. The first-order valence-corrected chi connectivity index (χ1v) is 9.67. The monoisotopic (exact) mass is 413 g/mol. The predicted molar refractivity (Wildman–Crippen MR) is 114 cm³/mol. The highest BCUT2D eigenvalue weighted by atomic mass is 16.2. The minimum atomic E-state index is -1.05. The van der Waals surface area contributed by atoms with E-state index < -0.39 is 29.7 Å². The fraction of sp³-hybridized carbons (Fsp3) is 0.0833. The van der Waals surface area contributed by atoms with E-state index in [9.17, 15) is 19.2 Å². The molecule has 0 fully saturated rings. The molecule has 3 aromatic carbocycles. The average molecular weight is 413 g/mol. The van der Waals surface area contributed by atoms with Crippen LogP contribution in [-0.2, 0) is 11.2 Å². The summed E-state index contributed by atoms with van der Waals surface area (Å²) in [5.41, 5.74) is 7.34. The zero-order chi connectivity index (χ0) is 22.0. The van der Waals surface area contributed by atoms with Gasteiger partial charge in [0.25, 0.3) is 11.8 Å². The fourth-order valence-electron chi connectivity index (χ4n) is 3.57. The third-order valence-corrected chi connectivity index (χ3v) is 5.15. The second-order valence-electron chi connectivity index (χ2n) is 7.16. The number of carbonyl (C=O) groups excluding carboxylic acids is 4.